The van der Waals surface area contributed by atoms with Crippen LogP contribution in [0.4, 0.5) is 0 Å². The molecule has 0 radical (unpaired) electrons. The molecule has 1 amide bonds. The molecule has 1 saturated heterocycles. The Hall–Kier alpha value is -1.51. The molecule has 1 unspecified atom stereocenters. The molecule has 8 nitrogen and oxygen atoms in total. The van der Waals surface area contributed by atoms with Crippen LogP contribution in [-0.4, -0.2) is 64.7 Å². The van der Waals surface area contributed by atoms with Gasteiger partial charge in [-0.15, -0.1) is 0 Å². The van der Waals surface area contributed by atoms with E-state index in [0.717, 1.165) is 13.1 Å². The van der Waals surface area contributed by atoms with Crippen molar-refractivity contribution in [1.82, 2.24) is 19.9 Å². The second-order valence-corrected chi connectivity index (χ2v) is 5.53. The number of ether oxygens (including phenoxy) is 1. The summed E-state index contributed by atoms with van der Waals surface area (Å²) < 4.78 is 10.7. The molecule has 2 N–H and O–H groups in total. The van der Waals surface area contributed by atoms with E-state index in [9.17, 15) is 4.79 Å². The van der Waals surface area contributed by atoms with Crippen molar-refractivity contribution in [2.24, 2.45) is 5.73 Å². The third-order valence-electron chi connectivity index (χ3n) is 3.70. The summed E-state index contributed by atoms with van der Waals surface area (Å²) in [6.07, 6.45) is -0.164. The van der Waals surface area contributed by atoms with Crippen LogP contribution in [0.2, 0.25) is 0 Å². The van der Waals surface area contributed by atoms with Gasteiger partial charge in [-0.1, -0.05) is 5.16 Å². The van der Waals surface area contributed by atoms with Gasteiger partial charge >= 0.3 is 0 Å². The summed E-state index contributed by atoms with van der Waals surface area (Å²) in [5, 5.41) is 3.95. The van der Waals surface area contributed by atoms with E-state index in [-0.39, 0.29) is 12.0 Å². The summed E-state index contributed by atoms with van der Waals surface area (Å²) in [7, 11) is 0. The minimum Gasteiger partial charge on any atom is -0.371 e. The summed E-state index contributed by atoms with van der Waals surface area (Å²) in [4.78, 5) is 20.2. The molecule has 0 aromatic carbocycles. The molecule has 0 bridgehead atoms. The number of rotatable bonds is 6. The molecule has 22 heavy (non-hydrogen) atoms. The number of hydrogen-bond acceptors (Lipinski definition) is 7. The Morgan fingerprint density at radius 3 is 2.64 bits per heavy atom. The van der Waals surface area contributed by atoms with Crippen molar-refractivity contribution in [1.29, 1.82) is 0 Å². The molecule has 1 aromatic heterocycles. The van der Waals surface area contributed by atoms with Gasteiger partial charge in [0.05, 0.1) is 12.6 Å². The highest BCUT2D eigenvalue weighted by molar-refractivity contribution is 5.81. The lowest BCUT2D eigenvalue weighted by atomic mass is 10.2. The molecule has 124 valence electrons. The van der Waals surface area contributed by atoms with E-state index in [2.05, 4.69) is 15.0 Å². The maximum absolute atomic E-state index is 11.8. The molecule has 1 aliphatic heterocycles. The van der Waals surface area contributed by atoms with Gasteiger partial charge < -0.3 is 19.9 Å². The van der Waals surface area contributed by atoms with Crippen LogP contribution in [0.15, 0.2) is 4.52 Å². The number of nitrogens with zero attached hydrogens (tertiary/aromatic N) is 4. The Balaban J connectivity index is 1.82. The Labute approximate surface area is 130 Å². The van der Waals surface area contributed by atoms with Crippen LogP contribution in [0.1, 0.15) is 38.6 Å². The smallest absolute Gasteiger partial charge is 0.240 e. The summed E-state index contributed by atoms with van der Waals surface area (Å²) in [6.45, 7) is 9.65. The number of amides is 1. The first kappa shape index (κ1) is 16.9. The minimum absolute atomic E-state index is 0.00488. The number of hydrogen-bond donors (Lipinski definition) is 1. The van der Waals surface area contributed by atoms with Crippen LogP contribution in [0, 0.1) is 0 Å². The SMILES string of the molecule is CCOC(C)c1noc(CN2CCN(C(=O)[C@@H](C)N)CC2)n1. The van der Waals surface area contributed by atoms with Crippen LogP contribution >= 0.6 is 0 Å². The topological polar surface area (TPSA) is 97.7 Å². The maximum Gasteiger partial charge on any atom is 0.240 e. The summed E-state index contributed by atoms with van der Waals surface area (Å²) in [5.74, 6) is 1.15. The molecule has 1 fully saturated rings. The molecule has 2 rings (SSSR count). The van der Waals surface area contributed by atoms with Gasteiger partial charge in [0.15, 0.2) is 5.82 Å². The number of piperazine rings is 1. The van der Waals surface area contributed by atoms with Gasteiger partial charge in [-0.05, 0) is 20.8 Å². The van der Waals surface area contributed by atoms with Crippen molar-refractivity contribution in [3.8, 4) is 0 Å². The Kier molecular flexibility index (Phi) is 5.87. The fraction of sp³-hybridized carbons (Fsp3) is 0.786. The Bertz CT molecular complexity index is 483. The van der Waals surface area contributed by atoms with Crippen molar-refractivity contribution in [3.63, 3.8) is 0 Å². The lowest BCUT2D eigenvalue weighted by Gasteiger charge is -2.34. The second-order valence-electron chi connectivity index (χ2n) is 5.53. The van der Waals surface area contributed by atoms with E-state index < -0.39 is 6.04 Å². The largest absolute Gasteiger partial charge is 0.371 e. The van der Waals surface area contributed by atoms with E-state index in [4.69, 9.17) is 15.0 Å². The second kappa shape index (κ2) is 7.66. The number of carbonyl (C=O) groups excluding carboxylic acids is 1. The third-order valence-corrected chi connectivity index (χ3v) is 3.70. The zero-order chi connectivity index (χ0) is 16.1. The van der Waals surface area contributed by atoms with Gasteiger partial charge in [0, 0.05) is 32.8 Å². The van der Waals surface area contributed by atoms with Crippen LogP contribution in [0.3, 0.4) is 0 Å². The fourth-order valence-corrected chi connectivity index (χ4v) is 2.43. The standard InChI is InChI=1S/C14H25N5O3/c1-4-21-11(3)13-16-12(22-17-13)9-18-5-7-19(8-6-18)14(20)10(2)15/h10-11H,4-9,15H2,1-3H3/t10-,11?/m1/s1. The van der Waals surface area contributed by atoms with E-state index in [1.807, 2.05) is 13.8 Å². The summed E-state index contributed by atoms with van der Waals surface area (Å²) >= 11 is 0. The molecule has 0 aliphatic carbocycles. The van der Waals surface area contributed by atoms with Crippen molar-refractivity contribution in [2.75, 3.05) is 32.8 Å². The predicted octanol–water partition coefficient (Wildman–Crippen LogP) is 0.159. The molecule has 2 atom stereocenters. The van der Waals surface area contributed by atoms with Crippen molar-refractivity contribution in [2.45, 2.75) is 39.5 Å². The Morgan fingerprint density at radius 1 is 1.36 bits per heavy atom. The van der Waals surface area contributed by atoms with Crippen LogP contribution in [0.5, 0.6) is 0 Å². The fourth-order valence-electron chi connectivity index (χ4n) is 2.43. The first-order valence-electron chi connectivity index (χ1n) is 7.72. The Morgan fingerprint density at radius 2 is 2.05 bits per heavy atom. The van der Waals surface area contributed by atoms with Crippen LogP contribution < -0.4 is 5.73 Å². The monoisotopic (exact) mass is 311 g/mol. The van der Waals surface area contributed by atoms with Gasteiger partial charge in [0.2, 0.25) is 11.8 Å². The minimum atomic E-state index is -0.440. The summed E-state index contributed by atoms with van der Waals surface area (Å²) in [5.41, 5.74) is 5.63. The highest BCUT2D eigenvalue weighted by Crippen LogP contribution is 2.14. The quantitative estimate of drug-likeness (QED) is 0.799. The third kappa shape index (κ3) is 4.25. The molecular formula is C14H25N5O3. The van der Waals surface area contributed by atoms with Gasteiger partial charge in [-0.25, -0.2) is 0 Å². The normalized spacial score (nSPS) is 19.2. The molecule has 8 heteroatoms. The summed E-state index contributed by atoms with van der Waals surface area (Å²) in [6, 6.07) is -0.440. The van der Waals surface area contributed by atoms with Gasteiger partial charge in [-0.3, -0.25) is 9.69 Å². The van der Waals surface area contributed by atoms with Crippen molar-refractivity contribution in [3.05, 3.63) is 11.7 Å². The van der Waals surface area contributed by atoms with E-state index in [0.29, 0.717) is 38.0 Å². The molecule has 1 aliphatic rings. The van der Waals surface area contributed by atoms with E-state index >= 15 is 0 Å². The number of carbonyl (C=O) groups is 1. The van der Waals surface area contributed by atoms with E-state index in [1.165, 1.54) is 0 Å². The molecule has 0 spiro atoms. The molecule has 1 aromatic rings. The lowest BCUT2D eigenvalue weighted by molar-refractivity contribution is -0.134. The highest BCUT2D eigenvalue weighted by atomic mass is 16.5. The van der Waals surface area contributed by atoms with Crippen molar-refractivity contribution >= 4 is 5.91 Å². The average molecular weight is 311 g/mol. The molecule has 2 heterocycles. The average Bonchev–Trinajstić information content (AvgIpc) is 2.96. The van der Waals surface area contributed by atoms with Gasteiger partial charge in [0.1, 0.15) is 6.10 Å². The van der Waals surface area contributed by atoms with Crippen LogP contribution in [0.25, 0.3) is 0 Å². The maximum atomic E-state index is 11.8. The molecule has 0 saturated carbocycles. The van der Waals surface area contributed by atoms with Crippen LogP contribution in [-0.2, 0) is 16.1 Å². The molecular weight excluding hydrogens is 286 g/mol. The first-order chi connectivity index (χ1) is 10.5. The number of aromatic nitrogens is 2. The number of nitrogens with two attached hydrogens (primary N) is 1. The predicted molar refractivity (Wildman–Crippen MR) is 79.8 cm³/mol. The van der Waals surface area contributed by atoms with Crippen molar-refractivity contribution < 1.29 is 14.1 Å². The van der Waals surface area contributed by atoms with Gasteiger partial charge in [-0.2, -0.15) is 4.98 Å². The first-order valence-corrected chi connectivity index (χ1v) is 7.72. The zero-order valence-corrected chi connectivity index (χ0v) is 13.5. The van der Waals surface area contributed by atoms with E-state index in [1.54, 1.807) is 11.8 Å². The highest BCUT2D eigenvalue weighted by Gasteiger charge is 2.24. The van der Waals surface area contributed by atoms with Gasteiger partial charge in [0.25, 0.3) is 0 Å². The lowest BCUT2D eigenvalue weighted by Crippen LogP contribution is -2.52. The zero-order valence-electron chi connectivity index (χ0n) is 13.5.